The largest absolute Gasteiger partial charge is 0.508 e. The molecule has 18 heavy (non-hydrogen) atoms. The highest BCUT2D eigenvalue weighted by Crippen LogP contribution is 2.30. The molecule has 0 saturated carbocycles. The Labute approximate surface area is 104 Å². The molecular formula is C14H13N3O. The number of aromatic nitrogens is 2. The number of benzene rings is 2. The third-order valence-electron chi connectivity index (χ3n) is 3.00. The molecule has 3 aromatic rings. The average molecular weight is 239 g/mol. The zero-order valence-corrected chi connectivity index (χ0v) is 9.96. The topological polar surface area (TPSA) is 64.1 Å². The molecule has 0 atom stereocenters. The second-order valence-corrected chi connectivity index (χ2v) is 4.30. The van der Waals surface area contributed by atoms with Crippen LogP contribution >= 0.6 is 0 Å². The van der Waals surface area contributed by atoms with Crippen molar-refractivity contribution in [2.75, 3.05) is 5.73 Å². The monoisotopic (exact) mass is 239 g/mol. The number of phenolic OH excluding ortho intramolecular Hbond substituents is 1. The zero-order chi connectivity index (χ0) is 12.7. The highest BCUT2D eigenvalue weighted by atomic mass is 16.3. The van der Waals surface area contributed by atoms with E-state index in [1.54, 1.807) is 12.1 Å². The van der Waals surface area contributed by atoms with Crippen LogP contribution in [-0.4, -0.2) is 14.9 Å². The van der Waals surface area contributed by atoms with Gasteiger partial charge in [-0.15, -0.1) is 0 Å². The lowest BCUT2D eigenvalue weighted by atomic mass is 10.1. The highest BCUT2D eigenvalue weighted by Gasteiger charge is 2.11. The summed E-state index contributed by atoms with van der Waals surface area (Å²) in [4.78, 5) is 0. The second kappa shape index (κ2) is 3.77. The van der Waals surface area contributed by atoms with E-state index in [4.69, 9.17) is 5.73 Å². The van der Waals surface area contributed by atoms with Crippen molar-refractivity contribution < 1.29 is 5.11 Å². The molecule has 90 valence electrons. The van der Waals surface area contributed by atoms with Gasteiger partial charge in [0.1, 0.15) is 5.75 Å². The van der Waals surface area contributed by atoms with E-state index in [2.05, 4.69) is 5.10 Å². The molecule has 3 N–H and O–H groups in total. The molecule has 0 amide bonds. The first-order valence-electron chi connectivity index (χ1n) is 5.67. The fraction of sp³-hybridized carbons (Fsp3) is 0.0714. The van der Waals surface area contributed by atoms with Gasteiger partial charge in [0.25, 0.3) is 0 Å². The van der Waals surface area contributed by atoms with E-state index in [9.17, 15) is 5.11 Å². The molecule has 1 aromatic heterocycles. The predicted octanol–water partition coefficient (Wildman–Crippen LogP) is 2.53. The molecule has 0 radical (unpaired) electrons. The standard InChI is InChI=1S/C14H13N3O/c1-17-14(9-2-5-11(18)6-3-9)12-8-10(15)4-7-13(12)16-17/h2-8,18H,15H2,1H3. The number of nitrogens with zero attached hydrogens (tertiary/aromatic N) is 2. The van der Waals surface area contributed by atoms with Gasteiger partial charge in [-0.2, -0.15) is 5.10 Å². The van der Waals surface area contributed by atoms with Crippen LogP contribution in [0.25, 0.3) is 22.2 Å². The van der Waals surface area contributed by atoms with Gasteiger partial charge < -0.3 is 10.8 Å². The Hall–Kier alpha value is -2.49. The maximum Gasteiger partial charge on any atom is 0.115 e. The van der Waals surface area contributed by atoms with Crippen molar-refractivity contribution in [2.24, 2.45) is 7.05 Å². The number of rotatable bonds is 1. The lowest BCUT2D eigenvalue weighted by Crippen LogP contribution is -1.93. The molecule has 1 heterocycles. The third kappa shape index (κ3) is 1.59. The quantitative estimate of drug-likeness (QED) is 0.641. The van der Waals surface area contributed by atoms with Crippen molar-refractivity contribution in [1.82, 2.24) is 9.78 Å². The SMILES string of the molecule is Cn1nc2ccc(N)cc2c1-c1ccc(O)cc1. The van der Waals surface area contributed by atoms with E-state index < -0.39 is 0 Å². The molecule has 0 unspecified atom stereocenters. The second-order valence-electron chi connectivity index (χ2n) is 4.30. The van der Waals surface area contributed by atoms with Crippen molar-refractivity contribution in [2.45, 2.75) is 0 Å². The number of aromatic hydroxyl groups is 1. The summed E-state index contributed by atoms with van der Waals surface area (Å²) >= 11 is 0. The molecule has 0 saturated heterocycles. The normalized spacial score (nSPS) is 10.9. The van der Waals surface area contributed by atoms with Gasteiger partial charge in [0.15, 0.2) is 0 Å². The number of hydrogen-bond acceptors (Lipinski definition) is 3. The van der Waals surface area contributed by atoms with Crippen LogP contribution in [0.15, 0.2) is 42.5 Å². The molecule has 0 bridgehead atoms. The number of anilines is 1. The van der Waals surface area contributed by atoms with Crippen molar-refractivity contribution >= 4 is 16.6 Å². The minimum absolute atomic E-state index is 0.254. The summed E-state index contributed by atoms with van der Waals surface area (Å²) in [5, 5.41) is 14.8. The van der Waals surface area contributed by atoms with Crippen molar-refractivity contribution in [3.8, 4) is 17.0 Å². The number of fused-ring (bicyclic) bond motifs is 1. The fourth-order valence-corrected chi connectivity index (χ4v) is 2.18. The number of hydrogen-bond donors (Lipinski definition) is 2. The summed E-state index contributed by atoms with van der Waals surface area (Å²) in [6.45, 7) is 0. The van der Waals surface area contributed by atoms with Crippen molar-refractivity contribution in [3.63, 3.8) is 0 Å². The van der Waals surface area contributed by atoms with Gasteiger partial charge in [0.05, 0.1) is 11.2 Å². The van der Waals surface area contributed by atoms with Crippen molar-refractivity contribution in [3.05, 3.63) is 42.5 Å². The summed E-state index contributed by atoms with van der Waals surface area (Å²) in [6, 6.07) is 12.7. The van der Waals surface area contributed by atoms with Crippen LogP contribution < -0.4 is 5.73 Å². The van der Waals surface area contributed by atoms with Gasteiger partial charge >= 0.3 is 0 Å². The first kappa shape index (κ1) is 10.7. The maximum atomic E-state index is 9.34. The number of nitrogen functional groups attached to an aromatic ring is 1. The number of nitrogens with two attached hydrogens (primary N) is 1. The van der Waals surface area contributed by atoms with Crippen LogP contribution in [0.5, 0.6) is 5.75 Å². The van der Waals surface area contributed by atoms with Gasteiger partial charge in [-0.3, -0.25) is 4.68 Å². The highest BCUT2D eigenvalue weighted by molar-refractivity contribution is 5.95. The van der Waals surface area contributed by atoms with E-state index in [-0.39, 0.29) is 5.75 Å². The fourth-order valence-electron chi connectivity index (χ4n) is 2.18. The summed E-state index contributed by atoms with van der Waals surface area (Å²) in [6.07, 6.45) is 0. The first-order chi connectivity index (χ1) is 8.65. The minimum atomic E-state index is 0.254. The zero-order valence-electron chi connectivity index (χ0n) is 9.96. The van der Waals surface area contributed by atoms with Gasteiger partial charge in [0.2, 0.25) is 0 Å². The van der Waals surface area contributed by atoms with Crippen LogP contribution in [0.1, 0.15) is 0 Å². The summed E-state index contributed by atoms with van der Waals surface area (Å²) in [7, 11) is 1.90. The third-order valence-corrected chi connectivity index (χ3v) is 3.00. The van der Waals surface area contributed by atoms with E-state index in [0.29, 0.717) is 0 Å². The summed E-state index contributed by atoms with van der Waals surface area (Å²) in [5.74, 6) is 0.254. The van der Waals surface area contributed by atoms with Gasteiger partial charge in [0, 0.05) is 23.7 Å². The van der Waals surface area contributed by atoms with Crippen LogP contribution in [0.2, 0.25) is 0 Å². The van der Waals surface area contributed by atoms with Crippen LogP contribution in [0.4, 0.5) is 5.69 Å². The molecule has 2 aromatic carbocycles. The van der Waals surface area contributed by atoms with E-state index in [0.717, 1.165) is 27.8 Å². The van der Waals surface area contributed by atoms with Gasteiger partial charge in [-0.1, -0.05) is 0 Å². The Morgan fingerprint density at radius 2 is 1.83 bits per heavy atom. The first-order valence-corrected chi connectivity index (χ1v) is 5.67. The Balaban J connectivity index is 2.30. The number of aryl methyl sites for hydroxylation is 1. The molecule has 0 spiro atoms. The Kier molecular flexibility index (Phi) is 2.23. The molecular weight excluding hydrogens is 226 g/mol. The average Bonchev–Trinajstić information content (AvgIpc) is 2.66. The lowest BCUT2D eigenvalue weighted by molar-refractivity contribution is 0.475. The smallest absolute Gasteiger partial charge is 0.115 e. The summed E-state index contributed by atoms with van der Waals surface area (Å²) < 4.78 is 1.83. The van der Waals surface area contributed by atoms with E-state index in [1.807, 2.05) is 42.1 Å². The van der Waals surface area contributed by atoms with E-state index >= 15 is 0 Å². The van der Waals surface area contributed by atoms with Gasteiger partial charge in [-0.25, -0.2) is 0 Å². The maximum absolute atomic E-state index is 9.34. The molecule has 0 aliphatic rings. The molecule has 0 aliphatic carbocycles. The molecule has 4 heteroatoms. The van der Waals surface area contributed by atoms with Crippen LogP contribution in [-0.2, 0) is 7.05 Å². The molecule has 0 fully saturated rings. The Morgan fingerprint density at radius 3 is 2.56 bits per heavy atom. The molecule has 4 nitrogen and oxygen atoms in total. The molecule has 0 aliphatic heterocycles. The minimum Gasteiger partial charge on any atom is -0.508 e. The van der Waals surface area contributed by atoms with Gasteiger partial charge in [-0.05, 0) is 42.5 Å². The lowest BCUT2D eigenvalue weighted by Gasteiger charge is -2.03. The predicted molar refractivity (Wildman–Crippen MR) is 72.2 cm³/mol. The Morgan fingerprint density at radius 1 is 1.11 bits per heavy atom. The summed E-state index contributed by atoms with van der Waals surface area (Å²) in [5.41, 5.74) is 9.46. The Bertz CT molecular complexity index is 714. The van der Waals surface area contributed by atoms with E-state index in [1.165, 1.54) is 0 Å². The van der Waals surface area contributed by atoms with Crippen LogP contribution in [0, 0.1) is 0 Å². The van der Waals surface area contributed by atoms with Crippen molar-refractivity contribution in [1.29, 1.82) is 0 Å². The number of phenols is 1. The molecule has 3 rings (SSSR count). The van der Waals surface area contributed by atoms with Crippen LogP contribution in [0.3, 0.4) is 0 Å².